The van der Waals surface area contributed by atoms with Crippen LogP contribution < -0.4 is 10.2 Å². The van der Waals surface area contributed by atoms with Crippen molar-refractivity contribution in [2.24, 2.45) is 5.10 Å². The van der Waals surface area contributed by atoms with Crippen molar-refractivity contribution in [1.29, 1.82) is 5.26 Å². The fourth-order valence-corrected chi connectivity index (χ4v) is 1.83. The number of hydrogen-bond donors (Lipinski definition) is 1. The van der Waals surface area contributed by atoms with Gasteiger partial charge in [0.2, 0.25) is 0 Å². The van der Waals surface area contributed by atoms with Crippen molar-refractivity contribution in [2.75, 3.05) is 6.61 Å². The minimum absolute atomic E-state index is 0.163. The summed E-state index contributed by atoms with van der Waals surface area (Å²) >= 11 is 5.82. The number of ether oxygens (including phenoxy) is 1. The second-order valence-electron chi connectivity index (χ2n) is 4.66. The molecule has 0 aliphatic rings. The molecule has 1 amide bonds. The number of nitrogens with zero attached hydrogens (tertiary/aromatic N) is 2. The first-order chi connectivity index (χ1) is 11.1. The fourth-order valence-electron chi connectivity index (χ4n) is 1.71. The first kappa shape index (κ1) is 16.5. The molecule has 0 fully saturated rings. The van der Waals surface area contributed by atoms with E-state index < -0.39 is 0 Å². The number of carbonyl (C=O) groups excluding carboxylic acids is 1. The molecular weight excluding hydrogens is 314 g/mol. The van der Waals surface area contributed by atoms with E-state index in [1.165, 1.54) is 0 Å². The lowest BCUT2D eigenvalue weighted by Crippen LogP contribution is -2.25. The van der Waals surface area contributed by atoms with Gasteiger partial charge in [0.15, 0.2) is 6.61 Å². The zero-order valence-corrected chi connectivity index (χ0v) is 13.2. The average molecular weight is 328 g/mol. The van der Waals surface area contributed by atoms with Crippen LogP contribution in [0.4, 0.5) is 0 Å². The van der Waals surface area contributed by atoms with Crippen LogP contribution in [0.3, 0.4) is 0 Å². The molecule has 1 N–H and O–H groups in total. The number of hydrogen-bond acceptors (Lipinski definition) is 4. The highest BCUT2D eigenvalue weighted by atomic mass is 35.5. The van der Waals surface area contributed by atoms with Gasteiger partial charge in [-0.05, 0) is 48.9 Å². The normalized spacial score (nSPS) is 10.7. The number of hydrazone groups is 1. The summed E-state index contributed by atoms with van der Waals surface area (Å²) < 4.78 is 5.31. The zero-order valence-electron chi connectivity index (χ0n) is 12.4. The fraction of sp³-hybridized carbons (Fsp3) is 0.118. The van der Waals surface area contributed by atoms with E-state index in [-0.39, 0.29) is 12.5 Å². The topological polar surface area (TPSA) is 74.5 Å². The third-order valence-corrected chi connectivity index (χ3v) is 3.22. The molecule has 0 saturated heterocycles. The quantitative estimate of drug-likeness (QED) is 0.677. The van der Waals surface area contributed by atoms with Gasteiger partial charge in [-0.25, -0.2) is 5.43 Å². The largest absolute Gasteiger partial charge is 0.484 e. The Morgan fingerprint density at radius 1 is 1.22 bits per heavy atom. The summed E-state index contributed by atoms with van der Waals surface area (Å²) in [5.41, 5.74) is 4.48. The maximum absolute atomic E-state index is 11.7. The summed E-state index contributed by atoms with van der Waals surface area (Å²) in [6.07, 6.45) is 0. The molecule has 0 bridgehead atoms. The van der Waals surface area contributed by atoms with E-state index in [2.05, 4.69) is 10.5 Å². The SMILES string of the molecule is C/C(=N\NC(=O)COc1ccc(C#N)cc1)c1ccc(Cl)cc1. The smallest absolute Gasteiger partial charge is 0.277 e. The van der Waals surface area contributed by atoms with Gasteiger partial charge in [0, 0.05) is 5.02 Å². The van der Waals surface area contributed by atoms with Crippen molar-refractivity contribution in [1.82, 2.24) is 5.43 Å². The monoisotopic (exact) mass is 327 g/mol. The molecule has 116 valence electrons. The molecule has 0 aliphatic carbocycles. The third kappa shape index (κ3) is 5.13. The number of halogens is 1. The Kier molecular flexibility index (Phi) is 5.73. The van der Waals surface area contributed by atoms with Crippen LogP contribution in [-0.2, 0) is 4.79 Å². The Balaban J connectivity index is 1.85. The molecule has 23 heavy (non-hydrogen) atoms. The zero-order chi connectivity index (χ0) is 16.7. The highest BCUT2D eigenvalue weighted by Crippen LogP contribution is 2.11. The summed E-state index contributed by atoms with van der Waals surface area (Å²) in [7, 11) is 0. The van der Waals surface area contributed by atoms with Gasteiger partial charge in [0.1, 0.15) is 5.75 Å². The lowest BCUT2D eigenvalue weighted by atomic mass is 10.1. The average Bonchev–Trinajstić information content (AvgIpc) is 2.59. The van der Waals surface area contributed by atoms with E-state index in [0.717, 1.165) is 5.56 Å². The highest BCUT2D eigenvalue weighted by Gasteiger charge is 2.03. The number of nitrogens with one attached hydrogen (secondary N) is 1. The lowest BCUT2D eigenvalue weighted by Gasteiger charge is -2.06. The van der Waals surface area contributed by atoms with Crippen LogP contribution in [0.1, 0.15) is 18.1 Å². The predicted molar refractivity (Wildman–Crippen MR) is 88.5 cm³/mol. The summed E-state index contributed by atoms with van der Waals surface area (Å²) in [5.74, 6) is 0.139. The van der Waals surface area contributed by atoms with Crippen molar-refractivity contribution in [3.05, 3.63) is 64.7 Å². The van der Waals surface area contributed by atoms with Crippen molar-refractivity contribution in [2.45, 2.75) is 6.92 Å². The Bertz CT molecular complexity index is 747. The molecule has 0 atom stereocenters. The summed E-state index contributed by atoms with van der Waals surface area (Å²) in [6, 6.07) is 15.7. The van der Waals surface area contributed by atoms with Crippen LogP contribution in [0.5, 0.6) is 5.75 Å². The Hall–Kier alpha value is -2.84. The Labute approximate surface area is 139 Å². The van der Waals surface area contributed by atoms with Crippen molar-refractivity contribution >= 4 is 23.2 Å². The van der Waals surface area contributed by atoms with Gasteiger partial charge in [-0.1, -0.05) is 23.7 Å². The second kappa shape index (κ2) is 7.97. The molecule has 0 spiro atoms. The minimum atomic E-state index is -0.373. The van der Waals surface area contributed by atoms with Crippen LogP contribution >= 0.6 is 11.6 Å². The molecule has 0 aliphatic heterocycles. The Morgan fingerprint density at radius 2 is 1.87 bits per heavy atom. The first-order valence-electron chi connectivity index (χ1n) is 6.80. The van der Waals surface area contributed by atoms with E-state index in [4.69, 9.17) is 21.6 Å². The van der Waals surface area contributed by atoms with Crippen molar-refractivity contribution in [3.8, 4) is 11.8 Å². The molecule has 5 nitrogen and oxygen atoms in total. The van der Waals surface area contributed by atoms with Crippen LogP contribution in [0.25, 0.3) is 0 Å². The Morgan fingerprint density at radius 3 is 2.48 bits per heavy atom. The van der Waals surface area contributed by atoms with Gasteiger partial charge in [-0.15, -0.1) is 0 Å². The number of nitriles is 1. The van der Waals surface area contributed by atoms with Crippen molar-refractivity contribution < 1.29 is 9.53 Å². The number of benzene rings is 2. The van der Waals surface area contributed by atoms with E-state index in [1.807, 2.05) is 18.2 Å². The number of carbonyl (C=O) groups is 1. The predicted octanol–water partition coefficient (Wildman–Crippen LogP) is 3.13. The van der Waals surface area contributed by atoms with Crippen LogP contribution in [-0.4, -0.2) is 18.2 Å². The number of rotatable bonds is 5. The van der Waals surface area contributed by atoms with E-state index in [9.17, 15) is 4.79 Å². The van der Waals surface area contributed by atoms with Crippen LogP contribution in [0.15, 0.2) is 53.6 Å². The molecule has 0 heterocycles. The first-order valence-corrected chi connectivity index (χ1v) is 7.18. The molecule has 2 rings (SSSR count). The standard InChI is InChI=1S/C17H14ClN3O2/c1-12(14-4-6-15(18)7-5-14)20-21-17(22)11-23-16-8-2-13(10-19)3-9-16/h2-9H,11H2,1H3,(H,21,22)/b20-12+. The molecule has 0 unspecified atom stereocenters. The van der Waals surface area contributed by atoms with E-state index >= 15 is 0 Å². The van der Waals surface area contributed by atoms with Crippen molar-refractivity contribution in [3.63, 3.8) is 0 Å². The maximum Gasteiger partial charge on any atom is 0.277 e. The lowest BCUT2D eigenvalue weighted by molar-refractivity contribution is -0.123. The van der Waals surface area contributed by atoms with Gasteiger partial charge in [-0.3, -0.25) is 4.79 Å². The molecule has 2 aromatic rings. The molecule has 0 radical (unpaired) electrons. The van der Waals surface area contributed by atoms with Gasteiger partial charge in [-0.2, -0.15) is 10.4 Å². The minimum Gasteiger partial charge on any atom is -0.484 e. The van der Waals surface area contributed by atoms with E-state index in [0.29, 0.717) is 22.0 Å². The molecule has 0 saturated carbocycles. The van der Waals surface area contributed by atoms with E-state index in [1.54, 1.807) is 43.3 Å². The molecular formula is C17H14ClN3O2. The molecule has 0 aromatic heterocycles. The molecule has 6 heteroatoms. The van der Waals surface area contributed by atoms with Gasteiger partial charge >= 0.3 is 0 Å². The summed E-state index contributed by atoms with van der Waals surface area (Å²) in [6.45, 7) is 1.62. The maximum atomic E-state index is 11.7. The highest BCUT2D eigenvalue weighted by molar-refractivity contribution is 6.30. The van der Waals surface area contributed by atoms with Crippen LogP contribution in [0.2, 0.25) is 5.02 Å². The molecule has 2 aromatic carbocycles. The summed E-state index contributed by atoms with van der Waals surface area (Å²) in [4.78, 5) is 11.7. The summed E-state index contributed by atoms with van der Waals surface area (Å²) in [5, 5.41) is 13.4. The number of amides is 1. The second-order valence-corrected chi connectivity index (χ2v) is 5.10. The van der Waals surface area contributed by atoms with Gasteiger partial charge in [0.05, 0.1) is 17.3 Å². The third-order valence-electron chi connectivity index (χ3n) is 2.96. The van der Waals surface area contributed by atoms with Gasteiger partial charge < -0.3 is 4.74 Å². The van der Waals surface area contributed by atoms with Crippen LogP contribution in [0, 0.1) is 11.3 Å². The van der Waals surface area contributed by atoms with Gasteiger partial charge in [0.25, 0.3) is 5.91 Å².